The molecular weight excluding hydrogens is 277 g/mol. The van der Waals surface area contributed by atoms with Crippen molar-refractivity contribution in [2.75, 3.05) is 0 Å². The Bertz CT molecular complexity index is 548. The molecule has 1 heterocycles. The predicted molar refractivity (Wildman–Crippen MR) is 72.5 cm³/mol. The summed E-state index contributed by atoms with van der Waals surface area (Å²) in [4.78, 5) is 3.14. The summed E-state index contributed by atoms with van der Waals surface area (Å²) in [6.45, 7) is 1.84. The molecule has 0 aliphatic rings. The Balaban J connectivity index is 0.00000180. The molecule has 106 valence electrons. The number of H-pyrrole nitrogens is 1. The van der Waals surface area contributed by atoms with Crippen molar-refractivity contribution in [1.29, 1.82) is 0 Å². The van der Waals surface area contributed by atoms with E-state index in [1.807, 2.05) is 31.2 Å². The second kappa shape index (κ2) is 5.84. The van der Waals surface area contributed by atoms with E-state index in [9.17, 15) is 13.2 Å². The highest BCUT2D eigenvalue weighted by Crippen LogP contribution is 2.31. The van der Waals surface area contributed by atoms with Gasteiger partial charge in [0.2, 0.25) is 0 Å². The molecule has 1 atom stereocenters. The molecule has 0 bridgehead atoms. The van der Waals surface area contributed by atoms with Gasteiger partial charge in [-0.3, -0.25) is 0 Å². The van der Waals surface area contributed by atoms with Crippen molar-refractivity contribution in [1.82, 2.24) is 4.98 Å². The summed E-state index contributed by atoms with van der Waals surface area (Å²) in [5, 5.41) is 0.907. The van der Waals surface area contributed by atoms with Crippen LogP contribution in [0.4, 0.5) is 13.2 Å². The van der Waals surface area contributed by atoms with Gasteiger partial charge in [0.1, 0.15) is 0 Å². The summed E-state index contributed by atoms with van der Waals surface area (Å²) in [6.07, 6.45) is -5.10. The van der Waals surface area contributed by atoms with Gasteiger partial charge in [-0.2, -0.15) is 13.2 Å². The SMILES string of the molecule is Cc1[nH]c2ccccc2c1[C@H](N)CCC(F)(F)F.Cl. The third kappa shape index (κ3) is 3.64. The zero-order chi connectivity index (χ0) is 13.3. The standard InChI is InChI=1S/C13H15F3N2.ClH/c1-8-12(10(17)6-7-13(14,15)16)9-4-2-3-5-11(9)18-8;/h2-5,10,18H,6-7,17H2,1H3;1H/t10-;/m1./s1. The zero-order valence-electron chi connectivity index (χ0n) is 10.4. The molecule has 0 unspecified atom stereocenters. The second-order valence-electron chi connectivity index (χ2n) is 4.47. The summed E-state index contributed by atoms with van der Waals surface area (Å²) in [5.41, 5.74) is 8.43. The van der Waals surface area contributed by atoms with E-state index < -0.39 is 18.6 Å². The van der Waals surface area contributed by atoms with Crippen LogP contribution < -0.4 is 5.73 Å². The number of alkyl halides is 3. The molecule has 0 radical (unpaired) electrons. The first-order valence-corrected chi connectivity index (χ1v) is 5.78. The van der Waals surface area contributed by atoms with Gasteiger partial charge in [-0.25, -0.2) is 0 Å². The zero-order valence-corrected chi connectivity index (χ0v) is 11.2. The van der Waals surface area contributed by atoms with E-state index >= 15 is 0 Å². The van der Waals surface area contributed by atoms with Crippen LogP contribution in [0, 0.1) is 6.92 Å². The maximum absolute atomic E-state index is 12.2. The van der Waals surface area contributed by atoms with Crippen LogP contribution in [-0.2, 0) is 0 Å². The summed E-state index contributed by atoms with van der Waals surface area (Å²) < 4.78 is 36.6. The Morgan fingerprint density at radius 1 is 1.26 bits per heavy atom. The van der Waals surface area contributed by atoms with Crippen molar-refractivity contribution in [2.45, 2.75) is 32.0 Å². The van der Waals surface area contributed by atoms with E-state index in [1.54, 1.807) is 0 Å². The van der Waals surface area contributed by atoms with Crippen molar-refractivity contribution in [2.24, 2.45) is 5.73 Å². The largest absolute Gasteiger partial charge is 0.389 e. The number of nitrogens with two attached hydrogens (primary N) is 1. The van der Waals surface area contributed by atoms with Gasteiger partial charge < -0.3 is 10.7 Å². The number of hydrogen-bond acceptors (Lipinski definition) is 1. The number of halogens is 4. The van der Waals surface area contributed by atoms with Crippen LogP contribution in [-0.4, -0.2) is 11.2 Å². The number of rotatable bonds is 3. The highest BCUT2D eigenvalue weighted by Gasteiger charge is 2.28. The first-order valence-electron chi connectivity index (χ1n) is 5.78. The van der Waals surface area contributed by atoms with Crippen LogP contribution in [0.1, 0.15) is 30.1 Å². The lowest BCUT2D eigenvalue weighted by molar-refractivity contribution is -0.136. The molecule has 1 aromatic carbocycles. The van der Waals surface area contributed by atoms with E-state index in [-0.39, 0.29) is 18.8 Å². The number of hydrogen-bond donors (Lipinski definition) is 2. The second-order valence-corrected chi connectivity index (χ2v) is 4.47. The highest BCUT2D eigenvalue weighted by molar-refractivity contribution is 5.85. The maximum Gasteiger partial charge on any atom is 0.389 e. The average molecular weight is 293 g/mol. The van der Waals surface area contributed by atoms with Gasteiger partial charge in [0, 0.05) is 29.1 Å². The molecule has 6 heteroatoms. The Morgan fingerprint density at radius 2 is 1.89 bits per heavy atom. The molecule has 2 nitrogen and oxygen atoms in total. The van der Waals surface area contributed by atoms with E-state index in [0.29, 0.717) is 0 Å². The third-order valence-electron chi connectivity index (χ3n) is 3.05. The van der Waals surface area contributed by atoms with Gasteiger partial charge in [-0.15, -0.1) is 12.4 Å². The van der Waals surface area contributed by atoms with Crippen LogP contribution in [0.5, 0.6) is 0 Å². The average Bonchev–Trinajstić information content (AvgIpc) is 2.61. The molecule has 2 aromatic rings. The van der Waals surface area contributed by atoms with E-state index in [4.69, 9.17) is 5.73 Å². The molecule has 0 aliphatic carbocycles. The topological polar surface area (TPSA) is 41.8 Å². The van der Waals surface area contributed by atoms with Gasteiger partial charge in [0.25, 0.3) is 0 Å². The van der Waals surface area contributed by atoms with Gasteiger partial charge >= 0.3 is 6.18 Å². The molecule has 0 fully saturated rings. The summed E-state index contributed by atoms with van der Waals surface area (Å²) in [6, 6.07) is 6.91. The number of aryl methyl sites for hydroxylation is 1. The molecule has 3 N–H and O–H groups in total. The van der Waals surface area contributed by atoms with Crippen molar-refractivity contribution < 1.29 is 13.2 Å². The van der Waals surface area contributed by atoms with E-state index in [0.717, 1.165) is 22.2 Å². The summed E-state index contributed by atoms with van der Waals surface area (Å²) in [5.74, 6) is 0. The first kappa shape index (κ1) is 15.9. The third-order valence-corrected chi connectivity index (χ3v) is 3.05. The van der Waals surface area contributed by atoms with Gasteiger partial charge in [-0.05, 0) is 25.0 Å². The smallest absolute Gasteiger partial charge is 0.358 e. The Morgan fingerprint density at radius 3 is 2.53 bits per heavy atom. The Labute approximate surface area is 115 Å². The Kier molecular flexibility index (Phi) is 4.87. The predicted octanol–water partition coefficient (Wildman–Crippen LogP) is 4.24. The Hall–Kier alpha value is -1.20. The molecule has 0 spiro atoms. The van der Waals surface area contributed by atoms with Gasteiger partial charge in [-0.1, -0.05) is 18.2 Å². The summed E-state index contributed by atoms with van der Waals surface area (Å²) in [7, 11) is 0. The van der Waals surface area contributed by atoms with Crippen LogP contribution in [0.3, 0.4) is 0 Å². The quantitative estimate of drug-likeness (QED) is 0.873. The number of aromatic nitrogens is 1. The molecule has 0 saturated carbocycles. The van der Waals surface area contributed by atoms with Crippen LogP contribution in [0.25, 0.3) is 10.9 Å². The number of aromatic amines is 1. The molecule has 1 aromatic heterocycles. The minimum Gasteiger partial charge on any atom is -0.358 e. The lowest BCUT2D eigenvalue weighted by atomic mass is 9.99. The molecule has 0 saturated heterocycles. The van der Waals surface area contributed by atoms with E-state index in [1.165, 1.54) is 0 Å². The fourth-order valence-electron chi connectivity index (χ4n) is 2.24. The van der Waals surface area contributed by atoms with Crippen molar-refractivity contribution in [3.05, 3.63) is 35.5 Å². The van der Waals surface area contributed by atoms with Gasteiger partial charge in [0.05, 0.1) is 0 Å². The monoisotopic (exact) mass is 292 g/mol. The number of fused-ring (bicyclic) bond motifs is 1. The minimum atomic E-state index is -4.16. The molecule has 19 heavy (non-hydrogen) atoms. The number of benzene rings is 1. The van der Waals surface area contributed by atoms with Gasteiger partial charge in [0.15, 0.2) is 0 Å². The van der Waals surface area contributed by atoms with E-state index in [2.05, 4.69) is 4.98 Å². The lowest BCUT2D eigenvalue weighted by Gasteiger charge is -2.14. The van der Waals surface area contributed by atoms with Crippen molar-refractivity contribution in [3.63, 3.8) is 0 Å². The molecule has 0 amide bonds. The highest BCUT2D eigenvalue weighted by atomic mass is 35.5. The molecule has 2 rings (SSSR count). The lowest BCUT2D eigenvalue weighted by Crippen LogP contribution is -2.16. The fraction of sp³-hybridized carbons (Fsp3) is 0.385. The molecule has 0 aliphatic heterocycles. The van der Waals surface area contributed by atoms with Crippen molar-refractivity contribution >= 4 is 23.3 Å². The van der Waals surface area contributed by atoms with Crippen LogP contribution >= 0.6 is 12.4 Å². The fourth-order valence-corrected chi connectivity index (χ4v) is 2.24. The van der Waals surface area contributed by atoms with Crippen LogP contribution in [0.2, 0.25) is 0 Å². The first-order chi connectivity index (χ1) is 8.38. The minimum absolute atomic E-state index is 0. The normalized spacial score (nSPS) is 13.3. The summed E-state index contributed by atoms with van der Waals surface area (Å²) >= 11 is 0. The van der Waals surface area contributed by atoms with Crippen molar-refractivity contribution in [3.8, 4) is 0 Å². The number of nitrogens with one attached hydrogen (secondary N) is 1. The maximum atomic E-state index is 12.2. The van der Waals surface area contributed by atoms with Crippen LogP contribution in [0.15, 0.2) is 24.3 Å². The molecular formula is C13H16ClF3N2. The number of para-hydroxylation sites is 1.